The Bertz CT molecular complexity index is 2910. The van der Waals surface area contributed by atoms with Crippen LogP contribution in [0.3, 0.4) is 0 Å². The van der Waals surface area contributed by atoms with Crippen LogP contribution in [0.25, 0.3) is 0 Å². The second kappa shape index (κ2) is 18.0. The number of aliphatic hydroxyl groups is 1. The zero-order valence-electron chi connectivity index (χ0n) is 37.3. The van der Waals surface area contributed by atoms with Gasteiger partial charge in [0.1, 0.15) is 35.7 Å². The summed E-state index contributed by atoms with van der Waals surface area (Å²) >= 11 is 0. The number of aliphatic hydroxyl groups excluding tert-OH is 1. The zero-order valence-corrected chi connectivity index (χ0v) is 37.3. The fourth-order valence-corrected chi connectivity index (χ4v) is 10.7. The average Bonchev–Trinajstić information content (AvgIpc) is 3.85. The predicted octanol–water partition coefficient (Wildman–Crippen LogP) is 7.34. The number of amides is 2. The summed E-state index contributed by atoms with van der Waals surface area (Å²) in [5, 5.41) is 13.3. The fraction of sp³-hybridized carbons (Fsp3) is 0.255. The van der Waals surface area contributed by atoms with Crippen molar-refractivity contribution in [1.82, 2.24) is 9.80 Å². The molecule has 2 saturated heterocycles. The largest absolute Gasteiger partial charge is 0.497 e. The standard InChI is InChI=1S/C55H49N3O9/c1-63-40-23-20-34(21-24-40)18-19-35-22-25-43-42(30-35)55(54(62)56-43)47(52(60)57-27-26-38-31-45(64-2)46(65-3)32-39(38)33-57)49-53(61)67-50(37-14-8-5-9-15-37)48(36-12-6-4-7-13-36)58(49)51(55)41-16-10-11-17-44(41)66-29-28-59/h4-17,20-25,30-32,47-51,59H,26-29,33H2,1-3H3,(H,56,62). The molecule has 12 nitrogen and oxygen atoms in total. The van der Waals surface area contributed by atoms with Gasteiger partial charge in [-0.05, 0) is 94.9 Å². The Labute approximate surface area is 389 Å². The Hall–Kier alpha value is -7.59. The topological polar surface area (TPSA) is 136 Å². The van der Waals surface area contributed by atoms with Crippen LogP contribution in [0.2, 0.25) is 0 Å². The van der Waals surface area contributed by atoms with Crippen LogP contribution in [-0.4, -0.2) is 79.8 Å². The molecule has 0 bridgehead atoms. The van der Waals surface area contributed by atoms with E-state index in [9.17, 15) is 5.11 Å². The van der Waals surface area contributed by atoms with Crippen LogP contribution in [0, 0.1) is 17.8 Å². The molecule has 12 heteroatoms. The van der Waals surface area contributed by atoms with Gasteiger partial charge in [0.15, 0.2) is 11.5 Å². The van der Waals surface area contributed by atoms with Gasteiger partial charge in [0.05, 0.1) is 45.9 Å². The minimum Gasteiger partial charge on any atom is -0.497 e. The van der Waals surface area contributed by atoms with Crippen molar-refractivity contribution >= 4 is 23.5 Å². The Morgan fingerprint density at radius 1 is 0.746 bits per heavy atom. The van der Waals surface area contributed by atoms with Gasteiger partial charge in [-0.1, -0.05) is 90.7 Å². The lowest BCUT2D eigenvalue weighted by molar-refractivity contribution is -0.179. The molecule has 4 aliphatic heterocycles. The van der Waals surface area contributed by atoms with Crippen LogP contribution < -0.4 is 24.3 Å². The van der Waals surface area contributed by atoms with Gasteiger partial charge < -0.3 is 39.0 Å². The smallest absolute Gasteiger partial charge is 0.324 e. The van der Waals surface area contributed by atoms with Crippen LogP contribution in [0.1, 0.15) is 62.7 Å². The zero-order chi connectivity index (χ0) is 46.2. The highest BCUT2D eigenvalue weighted by molar-refractivity contribution is 6.12. The van der Waals surface area contributed by atoms with E-state index in [1.807, 2.05) is 133 Å². The number of anilines is 1. The van der Waals surface area contributed by atoms with Gasteiger partial charge in [0.2, 0.25) is 11.8 Å². The van der Waals surface area contributed by atoms with E-state index < -0.39 is 47.4 Å². The number of hydrogen-bond acceptors (Lipinski definition) is 10. The number of ether oxygens (including phenoxy) is 5. The van der Waals surface area contributed by atoms with Crippen LogP contribution in [0.5, 0.6) is 23.0 Å². The maximum Gasteiger partial charge on any atom is 0.324 e. The van der Waals surface area contributed by atoms with E-state index in [4.69, 9.17) is 23.7 Å². The summed E-state index contributed by atoms with van der Waals surface area (Å²) in [6, 6.07) is 40.5. The van der Waals surface area contributed by atoms with Gasteiger partial charge in [-0.2, -0.15) is 0 Å². The molecule has 2 fully saturated rings. The van der Waals surface area contributed by atoms with Crippen molar-refractivity contribution in [3.8, 4) is 34.8 Å². The number of fused-ring (bicyclic) bond motifs is 4. The van der Waals surface area contributed by atoms with Crippen molar-refractivity contribution in [2.75, 3.05) is 46.4 Å². The number of rotatable bonds is 10. The molecule has 0 aliphatic carbocycles. The van der Waals surface area contributed by atoms with Crippen molar-refractivity contribution < 1.29 is 43.2 Å². The van der Waals surface area contributed by atoms with Crippen molar-refractivity contribution in [3.63, 3.8) is 0 Å². The highest BCUT2D eigenvalue weighted by Crippen LogP contribution is 2.66. The lowest BCUT2D eigenvalue weighted by Gasteiger charge is -2.46. The molecule has 4 aliphatic rings. The number of methoxy groups -OCH3 is 3. The van der Waals surface area contributed by atoms with Gasteiger partial charge >= 0.3 is 5.97 Å². The third kappa shape index (κ3) is 7.41. The summed E-state index contributed by atoms with van der Waals surface area (Å²) in [5.41, 5.74) is 4.61. The van der Waals surface area contributed by atoms with Gasteiger partial charge in [0, 0.05) is 35.5 Å². The highest BCUT2D eigenvalue weighted by atomic mass is 16.6. The summed E-state index contributed by atoms with van der Waals surface area (Å²) in [5.74, 6) is 6.01. The third-order valence-corrected chi connectivity index (χ3v) is 13.6. The van der Waals surface area contributed by atoms with E-state index in [2.05, 4.69) is 22.1 Å². The molecule has 0 radical (unpaired) electrons. The van der Waals surface area contributed by atoms with Crippen molar-refractivity contribution in [2.24, 2.45) is 5.92 Å². The second-order valence-corrected chi connectivity index (χ2v) is 17.1. The molecule has 6 unspecified atom stereocenters. The van der Waals surface area contributed by atoms with E-state index in [1.165, 1.54) is 0 Å². The van der Waals surface area contributed by atoms with Gasteiger partial charge in [-0.15, -0.1) is 0 Å². The molecule has 6 atom stereocenters. The van der Waals surface area contributed by atoms with E-state index in [-0.39, 0.29) is 25.7 Å². The lowest BCUT2D eigenvalue weighted by atomic mass is 9.64. The van der Waals surface area contributed by atoms with Crippen molar-refractivity contribution in [3.05, 3.63) is 184 Å². The van der Waals surface area contributed by atoms with Crippen molar-refractivity contribution in [1.29, 1.82) is 0 Å². The summed E-state index contributed by atoms with van der Waals surface area (Å²) in [4.78, 5) is 51.4. The molecule has 1 spiro atoms. The minimum atomic E-state index is -1.77. The quantitative estimate of drug-likeness (QED) is 0.106. The molecule has 0 saturated carbocycles. The Balaban J connectivity index is 1.23. The number of esters is 1. The molecule has 10 rings (SSSR count). The minimum absolute atomic E-state index is 0.0331. The summed E-state index contributed by atoms with van der Waals surface area (Å²) < 4.78 is 29.7. The van der Waals surface area contributed by atoms with Gasteiger partial charge in [-0.3, -0.25) is 19.3 Å². The maximum atomic E-state index is 16.2. The second-order valence-electron chi connectivity index (χ2n) is 17.1. The Morgan fingerprint density at radius 2 is 1.40 bits per heavy atom. The first kappa shape index (κ1) is 43.3. The Morgan fingerprint density at radius 3 is 2.10 bits per heavy atom. The van der Waals surface area contributed by atoms with E-state index in [1.54, 1.807) is 32.3 Å². The predicted molar refractivity (Wildman–Crippen MR) is 250 cm³/mol. The van der Waals surface area contributed by atoms with Crippen molar-refractivity contribution in [2.45, 2.75) is 42.6 Å². The first-order valence-electron chi connectivity index (χ1n) is 22.3. The monoisotopic (exact) mass is 895 g/mol. The summed E-state index contributed by atoms with van der Waals surface area (Å²) in [6.07, 6.45) is -0.348. The summed E-state index contributed by atoms with van der Waals surface area (Å²) in [6.45, 7) is 0.210. The number of nitrogens with zero attached hydrogens (tertiary/aromatic N) is 2. The number of hydrogen-bond donors (Lipinski definition) is 2. The molecule has 6 aromatic carbocycles. The van der Waals surface area contributed by atoms with Crippen LogP contribution in [-0.2, 0) is 37.5 Å². The molecule has 6 aromatic rings. The number of benzene rings is 6. The number of cyclic esters (lactones) is 1. The SMILES string of the molecule is COc1ccc(C#Cc2ccc3c(c2)C2(C(=O)N3)C(C(=O)N3CCc4cc(OC)c(OC)cc4C3)C3C(=O)OC(c4ccccc4)C(c4ccccc4)N3C2c2ccccc2OCCO)cc1. The number of carbonyl (C=O) groups excluding carboxylic acids is 3. The van der Waals surface area contributed by atoms with Gasteiger partial charge in [-0.25, -0.2) is 0 Å². The number of nitrogens with one attached hydrogen (secondary N) is 1. The molecular formula is C55H49N3O9. The summed E-state index contributed by atoms with van der Waals surface area (Å²) in [7, 11) is 4.77. The normalized spacial score (nSPS) is 22.6. The maximum absolute atomic E-state index is 16.2. The number of morpholine rings is 1. The first-order valence-corrected chi connectivity index (χ1v) is 22.3. The van der Waals surface area contributed by atoms with Crippen LogP contribution >= 0.6 is 0 Å². The fourth-order valence-electron chi connectivity index (χ4n) is 10.7. The Kier molecular flexibility index (Phi) is 11.6. The first-order chi connectivity index (χ1) is 32.8. The van der Waals surface area contributed by atoms with Crippen LogP contribution in [0.15, 0.2) is 140 Å². The molecular weight excluding hydrogens is 847 g/mol. The molecule has 4 heterocycles. The molecule has 0 aromatic heterocycles. The molecule has 2 amide bonds. The third-order valence-electron chi connectivity index (χ3n) is 13.6. The van der Waals surface area contributed by atoms with E-state index >= 15 is 14.4 Å². The highest BCUT2D eigenvalue weighted by Gasteiger charge is 2.74. The van der Waals surface area contributed by atoms with Gasteiger partial charge in [0.25, 0.3) is 0 Å². The molecule has 338 valence electrons. The van der Waals surface area contributed by atoms with E-state index in [0.717, 1.165) is 27.8 Å². The molecule has 2 N–H and O–H groups in total. The average molecular weight is 896 g/mol. The molecule has 67 heavy (non-hydrogen) atoms. The van der Waals surface area contributed by atoms with E-state index in [0.29, 0.717) is 58.3 Å². The van der Waals surface area contributed by atoms with Crippen LogP contribution in [0.4, 0.5) is 5.69 Å². The lowest BCUT2D eigenvalue weighted by Crippen LogP contribution is -2.56. The number of carbonyl (C=O) groups is 3. The number of para-hydroxylation sites is 1.